The number of aliphatic hydroxyl groups is 1. The Hall–Kier alpha value is -1.32. The molecule has 1 aromatic heterocycles. The molecule has 0 amide bonds. The third-order valence-electron chi connectivity index (χ3n) is 3.78. The Morgan fingerprint density at radius 3 is 2.68 bits per heavy atom. The van der Waals surface area contributed by atoms with Gasteiger partial charge in [0.15, 0.2) is 0 Å². The fraction of sp³-hybridized carbons (Fsp3) is 0.500. The lowest BCUT2D eigenvalue weighted by Gasteiger charge is -2.32. The normalized spacial score (nSPS) is 16.5. The van der Waals surface area contributed by atoms with E-state index in [0.29, 0.717) is 12.4 Å². The minimum absolute atomic E-state index is 0.570. The van der Waals surface area contributed by atoms with Crippen LogP contribution in [0.25, 0.3) is 11.0 Å². The first kappa shape index (κ1) is 14.1. The van der Waals surface area contributed by atoms with Crippen molar-refractivity contribution in [3.8, 4) is 0 Å². The highest BCUT2D eigenvalue weighted by atomic mass is 16.5. The quantitative estimate of drug-likeness (QED) is 0.886. The predicted molar refractivity (Wildman–Crippen MR) is 76.2 cm³/mol. The van der Waals surface area contributed by atoms with Gasteiger partial charge in [0.25, 0.3) is 0 Å². The molecule has 0 radical (unpaired) electrons. The van der Waals surface area contributed by atoms with Gasteiger partial charge in [0.2, 0.25) is 0 Å². The number of para-hydroxylation sites is 1. The molecule has 19 heavy (non-hydrogen) atoms. The molecule has 0 saturated carbocycles. The fourth-order valence-corrected chi connectivity index (χ4v) is 2.37. The Kier molecular flexibility index (Phi) is 3.97. The Balaban J connectivity index is 2.40. The second-order valence-corrected chi connectivity index (χ2v) is 5.14. The molecule has 3 heteroatoms. The predicted octanol–water partition coefficient (Wildman–Crippen LogP) is 3.98. The molecule has 104 valence electrons. The van der Waals surface area contributed by atoms with E-state index in [2.05, 4.69) is 0 Å². The van der Waals surface area contributed by atoms with Gasteiger partial charge < -0.3 is 14.3 Å². The first-order chi connectivity index (χ1) is 9.01. The molecule has 3 nitrogen and oxygen atoms in total. The van der Waals surface area contributed by atoms with E-state index in [-0.39, 0.29) is 0 Å². The minimum Gasteiger partial charge on any atom is -0.458 e. The van der Waals surface area contributed by atoms with Crippen LogP contribution in [0.2, 0.25) is 0 Å². The number of furan rings is 1. The van der Waals surface area contributed by atoms with Crippen LogP contribution in [0.1, 0.15) is 44.6 Å². The zero-order valence-electron chi connectivity index (χ0n) is 12.1. The molecular formula is C16H22O3. The Morgan fingerprint density at radius 1 is 1.37 bits per heavy atom. The molecule has 2 rings (SSSR count). The topological polar surface area (TPSA) is 42.6 Å². The van der Waals surface area contributed by atoms with Crippen molar-refractivity contribution in [3.63, 3.8) is 0 Å². The number of ether oxygens (including phenoxy) is 1. The van der Waals surface area contributed by atoms with Gasteiger partial charge in [-0.05, 0) is 38.8 Å². The van der Waals surface area contributed by atoms with E-state index in [4.69, 9.17) is 9.15 Å². The number of aliphatic hydroxyl groups excluding tert-OH is 1. The third kappa shape index (κ3) is 2.53. The summed E-state index contributed by atoms with van der Waals surface area (Å²) in [6, 6.07) is 7.89. The summed E-state index contributed by atoms with van der Waals surface area (Å²) >= 11 is 0. The zero-order chi connectivity index (χ0) is 14.0. The molecule has 2 aromatic rings. The molecule has 1 N–H and O–H groups in total. The molecule has 2 atom stereocenters. The zero-order valence-corrected chi connectivity index (χ0v) is 12.1. The van der Waals surface area contributed by atoms with Crippen LogP contribution >= 0.6 is 0 Å². The molecule has 1 aromatic carbocycles. The highest BCUT2D eigenvalue weighted by Gasteiger charge is 2.35. The van der Waals surface area contributed by atoms with E-state index in [1.807, 2.05) is 52.0 Å². The molecule has 0 saturated heterocycles. The molecule has 0 bridgehead atoms. The highest BCUT2D eigenvalue weighted by Crippen LogP contribution is 2.35. The summed E-state index contributed by atoms with van der Waals surface area (Å²) in [6.45, 7) is 8.43. The monoisotopic (exact) mass is 262 g/mol. The maximum atomic E-state index is 10.5. The molecule has 0 aliphatic rings. The van der Waals surface area contributed by atoms with E-state index < -0.39 is 11.7 Å². The second kappa shape index (κ2) is 5.35. The van der Waals surface area contributed by atoms with Gasteiger partial charge in [-0.3, -0.25) is 0 Å². The van der Waals surface area contributed by atoms with Crippen LogP contribution in [-0.4, -0.2) is 17.3 Å². The lowest BCUT2D eigenvalue weighted by Crippen LogP contribution is -2.35. The van der Waals surface area contributed by atoms with Crippen LogP contribution in [-0.2, 0) is 4.74 Å². The summed E-state index contributed by atoms with van der Waals surface area (Å²) < 4.78 is 11.5. The lowest BCUT2D eigenvalue weighted by atomic mass is 9.93. The summed E-state index contributed by atoms with van der Waals surface area (Å²) in [5, 5.41) is 11.6. The molecular weight excluding hydrogens is 240 g/mol. The second-order valence-electron chi connectivity index (χ2n) is 5.14. The number of fused-ring (bicyclic) bond motifs is 1. The number of aryl methyl sites for hydroxylation is 1. The van der Waals surface area contributed by atoms with E-state index in [1.54, 1.807) is 0 Å². The smallest absolute Gasteiger partial charge is 0.140 e. The third-order valence-corrected chi connectivity index (χ3v) is 3.78. The maximum Gasteiger partial charge on any atom is 0.140 e. The average molecular weight is 262 g/mol. The van der Waals surface area contributed by atoms with Crippen molar-refractivity contribution in [1.82, 2.24) is 0 Å². The van der Waals surface area contributed by atoms with Crippen molar-refractivity contribution in [2.75, 3.05) is 6.61 Å². The van der Waals surface area contributed by atoms with Crippen molar-refractivity contribution in [2.24, 2.45) is 0 Å². The first-order valence-corrected chi connectivity index (χ1v) is 6.83. The molecule has 0 fully saturated rings. The van der Waals surface area contributed by atoms with Crippen molar-refractivity contribution in [2.45, 2.75) is 45.8 Å². The number of hydrogen-bond donors (Lipinski definition) is 1. The van der Waals surface area contributed by atoms with Crippen LogP contribution in [0.5, 0.6) is 0 Å². The molecule has 0 aliphatic heterocycles. The summed E-state index contributed by atoms with van der Waals surface area (Å²) in [4.78, 5) is 0. The molecule has 2 unspecified atom stereocenters. The van der Waals surface area contributed by atoms with Crippen molar-refractivity contribution in [3.05, 3.63) is 35.6 Å². The summed E-state index contributed by atoms with van der Waals surface area (Å²) in [5.41, 5.74) is 1.30. The maximum absolute atomic E-state index is 10.5. The van der Waals surface area contributed by atoms with Gasteiger partial charge in [-0.15, -0.1) is 0 Å². The summed E-state index contributed by atoms with van der Waals surface area (Å²) in [5.74, 6) is 0.571. The van der Waals surface area contributed by atoms with Crippen LogP contribution in [0.15, 0.2) is 28.7 Å². The SMILES string of the molecule is CCOC(C)(CC)C(O)c1cc2cccc(C)c2o1. The van der Waals surface area contributed by atoms with Crippen LogP contribution in [0, 0.1) is 6.92 Å². The average Bonchev–Trinajstić information content (AvgIpc) is 2.83. The first-order valence-electron chi connectivity index (χ1n) is 6.83. The highest BCUT2D eigenvalue weighted by molar-refractivity contribution is 5.81. The van der Waals surface area contributed by atoms with Gasteiger partial charge in [-0.25, -0.2) is 0 Å². The van der Waals surface area contributed by atoms with Gasteiger partial charge >= 0.3 is 0 Å². The van der Waals surface area contributed by atoms with Gasteiger partial charge in [-0.2, -0.15) is 0 Å². The fourth-order valence-electron chi connectivity index (χ4n) is 2.37. The van der Waals surface area contributed by atoms with Crippen molar-refractivity contribution < 1.29 is 14.3 Å². The van der Waals surface area contributed by atoms with Crippen molar-refractivity contribution in [1.29, 1.82) is 0 Å². The minimum atomic E-state index is -0.760. The van der Waals surface area contributed by atoms with Gasteiger partial charge in [0, 0.05) is 12.0 Å². The van der Waals surface area contributed by atoms with E-state index in [1.165, 1.54) is 0 Å². The molecule has 0 spiro atoms. The number of benzene rings is 1. The Labute approximate surface area is 114 Å². The molecule has 1 heterocycles. The van der Waals surface area contributed by atoms with Crippen LogP contribution < -0.4 is 0 Å². The number of rotatable bonds is 5. The lowest BCUT2D eigenvalue weighted by molar-refractivity contribution is -0.119. The Morgan fingerprint density at radius 2 is 2.11 bits per heavy atom. The van der Waals surface area contributed by atoms with E-state index in [9.17, 15) is 5.11 Å². The van der Waals surface area contributed by atoms with Crippen LogP contribution in [0.3, 0.4) is 0 Å². The van der Waals surface area contributed by atoms with E-state index in [0.717, 1.165) is 23.0 Å². The molecule has 0 aliphatic carbocycles. The van der Waals surface area contributed by atoms with E-state index >= 15 is 0 Å². The summed E-state index contributed by atoms with van der Waals surface area (Å²) in [7, 11) is 0. The van der Waals surface area contributed by atoms with Gasteiger partial charge in [0.05, 0.1) is 5.60 Å². The number of hydrogen-bond acceptors (Lipinski definition) is 3. The Bertz CT molecular complexity index is 558. The van der Waals surface area contributed by atoms with Gasteiger partial charge in [0.1, 0.15) is 17.4 Å². The van der Waals surface area contributed by atoms with Crippen molar-refractivity contribution >= 4 is 11.0 Å². The van der Waals surface area contributed by atoms with Crippen LogP contribution in [0.4, 0.5) is 0 Å². The summed E-state index contributed by atoms with van der Waals surface area (Å²) in [6.07, 6.45) is -0.0397. The largest absolute Gasteiger partial charge is 0.458 e. The van der Waals surface area contributed by atoms with Gasteiger partial charge in [-0.1, -0.05) is 25.1 Å². The standard InChI is InChI=1S/C16H22O3/c1-5-16(4,18-6-2)15(17)13-10-12-9-7-8-11(3)14(12)19-13/h7-10,15,17H,5-6H2,1-4H3.